The van der Waals surface area contributed by atoms with Gasteiger partial charge in [0.25, 0.3) is 0 Å². The molecule has 0 bridgehead atoms. The molecule has 5 rings (SSSR count). The molecule has 6 N–H and O–H groups in total. The molecule has 10 heteroatoms. The van der Waals surface area contributed by atoms with Gasteiger partial charge >= 0.3 is 5.69 Å². The van der Waals surface area contributed by atoms with Gasteiger partial charge in [0.2, 0.25) is 0 Å². The van der Waals surface area contributed by atoms with E-state index in [2.05, 4.69) is 20.3 Å². The highest BCUT2D eigenvalue weighted by Gasteiger charge is 2.27. The SMILES string of the molecule is CC(N)=NCCCNCc1ccc(-n2cc3cc(-c4cc(CCCC(N)C5CC5)cc(Cl)c4F)[nH]c3nc2=O)cc1. The minimum Gasteiger partial charge on any atom is -0.388 e. The summed E-state index contributed by atoms with van der Waals surface area (Å²) in [5.74, 6) is 0.756. The Morgan fingerprint density at radius 1 is 1.22 bits per heavy atom. The summed E-state index contributed by atoms with van der Waals surface area (Å²) in [5.41, 5.74) is 15.4. The Kier molecular flexibility index (Phi) is 9.17. The monoisotopic (exact) mass is 577 g/mol. The van der Waals surface area contributed by atoms with Crippen molar-refractivity contribution in [2.24, 2.45) is 22.4 Å². The number of hydrogen-bond donors (Lipinski definition) is 4. The third-order valence-corrected chi connectivity index (χ3v) is 7.81. The maximum atomic E-state index is 15.1. The summed E-state index contributed by atoms with van der Waals surface area (Å²) in [6.07, 6.45) is 7.71. The maximum Gasteiger partial charge on any atom is 0.354 e. The Labute approximate surface area is 244 Å². The van der Waals surface area contributed by atoms with E-state index >= 15 is 4.39 Å². The molecule has 1 atom stereocenters. The highest BCUT2D eigenvalue weighted by Crippen LogP contribution is 2.34. The molecule has 216 valence electrons. The quantitative estimate of drug-likeness (QED) is 0.1000. The number of fused-ring (bicyclic) bond motifs is 1. The predicted octanol–water partition coefficient (Wildman–Crippen LogP) is 5.09. The van der Waals surface area contributed by atoms with E-state index in [9.17, 15) is 4.79 Å². The summed E-state index contributed by atoms with van der Waals surface area (Å²) in [7, 11) is 0. The number of nitrogens with zero attached hydrogens (tertiary/aromatic N) is 3. The number of H-pyrrole nitrogens is 1. The number of amidine groups is 1. The Morgan fingerprint density at radius 3 is 2.73 bits per heavy atom. The van der Waals surface area contributed by atoms with E-state index in [4.69, 9.17) is 23.1 Å². The Balaban J connectivity index is 1.29. The first-order valence-electron chi connectivity index (χ1n) is 14.2. The zero-order valence-electron chi connectivity index (χ0n) is 23.3. The fourth-order valence-electron chi connectivity index (χ4n) is 5.08. The van der Waals surface area contributed by atoms with Crippen molar-refractivity contribution in [1.29, 1.82) is 0 Å². The molecule has 1 fully saturated rings. The van der Waals surface area contributed by atoms with E-state index < -0.39 is 11.5 Å². The zero-order valence-corrected chi connectivity index (χ0v) is 24.1. The van der Waals surface area contributed by atoms with E-state index in [0.717, 1.165) is 43.4 Å². The maximum absolute atomic E-state index is 15.1. The predicted molar refractivity (Wildman–Crippen MR) is 164 cm³/mol. The molecule has 41 heavy (non-hydrogen) atoms. The number of aromatic amines is 1. The summed E-state index contributed by atoms with van der Waals surface area (Å²) in [5, 5.41) is 4.15. The van der Waals surface area contributed by atoms with Crippen molar-refractivity contribution in [2.75, 3.05) is 13.1 Å². The van der Waals surface area contributed by atoms with Crippen molar-refractivity contribution in [3.8, 4) is 16.9 Å². The van der Waals surface area contributed by atoms with Gasteiger partial charge in [-0.3, -0.25) is 9.56 Å². The van der Waals surface area contributed by atoms with Gasteiger partial charge in [0.05, 0.1) is 22.2 Å². The molecule has 2 heterocycles. The smallest absolute Gasteiger partial charge is 0.354 e. The number of aryl methyl sites for hydroxylation is 1. The summed E-state index contributed by atoms with van der Waals surface area (Å²) in [4.78, 5) is 24.4. The number of benzene rings is 2. The van der Waals surface area contributed by atoms with Gasteiger partial charge in [-0.05, 0) is 99.4 Å². The molecule has 0 spiro atoms. The van der Waals surface area contributed by atoms with Crippen LogP contribution in [0.4, 0.5) is 4.39 Å². The minimum absolute atomic E-state index is 0.0731. The average Bonchev–Trinajstić information content (AvgIpc) is 3.72. The minimum atomic E-state index is -0.502. The van der Waals surface area contributed by atoms with Crippen molar-refractivity contribution in [1.82, 2.24) is 19.9 Å². The third kappa shape index (κ3) is 7.41. The van der Waals surface area contributed by atoms with Crippen molar-refractivity contribution in [3.05, 3.63) is 81.1 Å². The van der Waals surface area contributed by atoms with Crippen molar-refractivity contribution < 1.29 is 4.39 Å². The van der Waals surface area contributed by atoms with Crippen LogP contribution >= 0.6 is 11.6 Å². The van der Waals surface area contributed by atoms with Gasteiger partial charge in [0.1, 0.15) is 5.65 Å². The number of aromatic nitrogens is 3. The Hall–Kier alpha value is -3.53. The molecular formula is C31H37ClFN7O. The van der Waals surface area contributed by atoms with Crippen molar-refractivity contribution in [2.45, 2.75) is 58.0 Å². The first kappa shape index (κ1) is 29.0. The molecule has 1 aliphatic carbocycles. The van der Waals surface area contributed by atoms with Crippen LogP contribution in [-0.4, -0.2) is 39.5 Å². The lowest BCUT2D eigenvalue weighted by Crippen LogP contribution is -2.22. The van der Waals surface area contributed by atoms with Crippen LogP contribution in [0.3, 0.4) is 0 Å². The van der Waals surface area contributed by atoms with Crippen molar-refractivity contribution in [3.63, 3.8) is 0 Å². The van der Waals surface area contributed by atoms with Crippen molar-refractivity contribution >= 4 is 28.5 Å². The summed E-state index contributed by atoms with van der Waals surface area (Å²) in [6, 6.07) is 13.3. The topological polar surface area (TPSA) is 127 Å². The van der Waals surface area contributed by atoms with E-state index in [0.29, 0.717) is 52.8 Å². The number of rotatable bonds is 13. The van der Waals surface area contributed by atoms with Crippen LogP contribution in [0.1, 0.15) is 50.2 Å². The molecule has 8 nitrogen and oxygen atoms in total. The third-order valence-electron chi connectivity index (χ3n) is 7.53. The van der Waals surface area contributed by atoms with Crippen LogP contribution in [0, 0.1) is 11.7 Å². The van der Waals surface area contributed by atoms with Gasteiger partial charge in [0.15, 0.2) is 5.82 Å². The lowest BCUT2D eigenvalue weighted by Gasteiger charge is -2.11. The highest BCUT2D eigenvalue weighted by atomic mass is 35.5. The largest absolute Gasteiger partial charge is 0.388 e. The molecule has 4 aromatic rings. The molecule has 2 aromatic carbocycles. The molecule has 0 saturated heterocycles. The molecule has 1 aliphatic rings. The van der Waals surface area contributed by atoms with Crippen LogP contribution in [0.5, 0.6) is 0 Å². The fourth-order valence-corrected chi connectivity index (χ4v) is 5.32. The van der Waals surface area contributed by atoms with Gasteiger partial charge in [0, 0.05) is 36.3 Å². The van der Waals surface area contributed by atoms with Gasteiger partial charge < -0.3 is 21.8 Å². The lowest BCUT2D eigenvalue weighted by molar-refractivity contribution is 0.528. The van der Waals surface area contributed by atoms with Crippen LogP contribution in [0.25, 0.3) is 28.0 Å². The number of halogens is 2. The van der Waals surface area contributed by atoms with E-state index in [1.807, 2.05) is 30.3 Å². The van der Waals surface area contributed by atoms with Gasteiger partial charge in [-0.15, -0.1) is 0 Å². The highest BCUT2D eigenvalue weighted by molar-refractivity contribution is 6.31. The second-order valence-electron chi connectivity index (χ2n) is 10.9. The summed E-state index contributed by atoms with van der Waals surface area (Å²) < 4.78 is 16.6. The number of nitrogens with two attached hydrogens (primary N) is 2. The van der Waals surface area contributed by atoms with E-state index in [1.54, 1.807) is 25.3 Å². The second-order valence-corrected chi connectivity index (χ2v) is 11.3. The van der Waals surface area contributed by atoms with Crippen LogP contribution < -0.4 is 22.5 Å². The van der Waals surface area contributed by atoms with Gasteiger partial charge in [-0.2, -0.15) is 4.98 Å². The molecular weight excluding hydrogens is 541 g/mol. The number of nitrogens with one attached hydrogen (secondary N) is 2. The van der Waals surface area contributed by atoms with Gasteiger partial charge in [-0.25, -0.2) is 9.18 Å². The van der Waals surface area contributed by atoms with Crippen LogP contribution in [0.2, 0.25) is 5.02 Å². The molecule has 0 aliphatic heterocycles. The molecule has 2 aromatic heterocycles. The molecule has 0 radical (unpaired) electrons. The summed E-state index contributed by atoms with van der Waals surface area (Å²) in [6.45, 7) is 4.03. The van der Waals surface area contributed by atoms with Crippen LogP contribution in [0.15, 0.2) is 58.4 Å². The molecule has 1 saturated carbocycles. The normalized spacial score (nSPS) is 14.6. The molecule has 1 unspecified atom stereocenters. The number of hydrogen-bond acceptors (Lipinski definition) is 5. The second kappa shape index (κ2) is 13.0. The summed E-state index contributed by atoms with van der Waals surface area (Å²) >= 11 is 6.28. The standard InChI is InChI=1S/C31H37ClFN7O/c1-19(34)37-13-3-12-36-17-20-6-10-24(11-7-20)40-18-23-16-28(38-30(23)39-31(40)41)25-14-21(15-26(32)29(25)33)4-2-5-27(35)22-8-9-22/h6-7,10-11,14-16,18,22,27,36H,2-5,8-9,12-13,17,35H2,1H3,(H2,34,37)(H,38,39,41). The van der Waals surface area contributed by atoms with Gasteiger partial charge in [-0.1, -0.05) is 23.7 Å². The Bertz CT molecular complexity index is 1590. The fraction of sp³-hybridized carbons (Fsp3) is 0.387. The van der Waals surface area contributed by atoms with E-state index in [1.165, 1.54) is 17.4 Å². The molecule has 0 amide bonds. The number of aliphatic imine (C=N–C) groups is 1. The van der Waals surface area contributed by atoms with Crippen LogP contribution in [-0.2, 0) is 13.0 Å². The lowest BCUT2D eigenvalue weighted by atomic mass is 10.00. The first-order valence-corrected chi connectivity index (χ1v) is 14.6. The first-order chi connectivity index (χ1) is 19.8. The van der Waals surface area contributed by atoms with E-state index in [-0.39, 0.29) is 11.1 Å². The zero-order chi connectivity index (χ0) is 28.9. The average molecular weight is 578 g/mol. The Morgan fingerprint density at radius 2 is 2.00 bits per heavy atom.